The van der Waals surface area contributed by atoms with Crippen molar-refractivity contribution in [2.45, 2.75) is 51.6 Å². The van der Waals surface area contributed by atoms with Crippen LogP contribution in [-0.4, -0.2) is 31.4 Å². The van der Waals surface area contributed by atoms with Gasteiger partial charge in [0.1, 0.15) is 0 Å². The van der Waals surface area contributed by atoms with Gasteiger partial charge in [-0.1, -0.05) is 37.6 Å². The van der Waals surface area contributed by atoms with Crippen LogP contribution in [0.5, 0.6) is 0 Å². The molecule has 0 radical (unpaired) electrons. The lowest BCUT2D eigenvalue weighted by molar-refractivity contribution is 0.111. The maximum atomic E-state index is 5.60. The van der Waals surface area contributed by atoms with E-state index in [1.807, 2.05) is 16.9 Å². The average Bonchev–Trinajstić information content (AvgIpc) is 3.35. The van der Waals surface area contributed by atoms with Crippen molar-refractivity contribution in [3.05, 3.63) is 60.0 Å². The van der Waals surface area contributed by atoms with Gasteiger partial charge in [-0.3, -0.25) is 4.90 Å². The molecule has 1 saturated heterocycles. The number of rotatable bonds is 5. The maximum Gasteiger partial charge on any atom is 0.244 e. The first kappa shape index (κ1) is 17.0. The molecule has 1 aromatic carbocycles. The molecule has 0 amide bonds. The Balaban J connectivity index is 1.54. The molecule has 6 nitrogen and oxygen atoms in total. The lowest BCUT2D eigenvalue weighted by Gasteiger charge is -2.33. The summed E-state index contributed by atoms with van der Waals surface area (Å²) in [6, 6.07) is 10.7. The van der Waals surface area contributed by atoms with Crippen molar-refractivity contribution >= 4 is 0 Å². The number of likely N-dealkylation sites (tertiary alicyclic amines) is 1. The quantitative estimate of drug-likeness (QED) is 0.692. The number of benzene rings is 1. The molecule has 1 fully saturated rings. The number of nitrogens with zero attached hydrogens (tertiary/aromatic N) is 5. The van der Waals surface area contributed by atoms with Gasteiger partial charge < -0.3 is 4.52 Å². The second kappa shape index (κ2) is 7.41. The fraction of sp³-hybridized carbons (Fsp3) is 0.450. The van der Waals surface area contributed by atoms with Gasteiger partial charge in [0.2, 0.25) is 5.89 Å². The zero-order valence-corrected chi connectivity index (χ0v) is 15.4. The average molecular weight is 351 g/mol. The molecule has 0 unspecified atom stereocenters. The van der Waals surface area contributed by atoms with E-state index in [4.69, 9.17) is 4.52 Å². The van der Waals surface area contributed by atoms with Crippen molar-refractivity contribution in [1.82, 2.24) is 24.8 Å². The molecule has 1 atom stereocenters. The molecule has 1 aliphatic heterocycles. The third kappa shape index (κ3) is 3.55. The van der Waals surface area contributed by atoms with E-state index in [0.29, 0.717) is 0 Å². The summed E-state index contributed by atoms with van der Waals surface area (Å²) in [6.07, 6.45) is 7.25. The van der Waals surface area contributed by atoms with Crippen LogP contribution >= 0.6 is 0 Å². The van der Waals surface area contributed by atoms with Gasteiger partial charge in [0.25, 0.3) is 0 Å². The van der Waals surface area contributed by atoms with Crippen LogP contribution in [0.4, 0.5) is 0 Å². The molecule has 0 spiro atoms. The molecule has 4 rings (SSSR count). The zero-order valence-electron chi connectivity index (χ0n) is 15.4. The highest BCUT2D eigenvalue weighted by Gasteiger charge is 2.29. The van der Waals surface area contributed by atoms with Gasteiger partial charge in [0.15, 0.2) is 5.82 Å². The standard InChI is InChI=1S/C20H25N5O/c1-15(2)19-22-20(26-23-19)18-9-3-4-11-24(18)14-16-7-5-8-17(13-16)25-12-6-10-21-25/h5-8,10,12-13,15,18H,3-4,9,11,14H2,1-2H3/t18-/m1/s1. The summed E-state index contributed by atoms with van der Waals surface area (Å²) in [5.41, 5.74) is 2.36. The summed E-state index contributed by atoms with van der Waals surface area (Å²) >= 11 is 0. The minimum Gasteiger partial charge on any atom is -0.338 e. The summed E-state index contributed by atoms with van der Waals surface area (Å²) in [5.74, 6) is 1.85. The first-order valence-corrected chi connectivity index (χ1v) is 9.37. The Morgan fingerprint density at radius 3 is 2.92 bits per heavy atom. The van der Waals surface area contributed by atoms with Crippen molar-refractivity contribution in [1.29, 1.82) is 0 Å². The number of aromatic nitrogens is 4. The van der Waals surface area contributed by atoms with E-state index < -0.39 is 0 Å². The van der Waals surface area contributed by atoms with E-state index in [0.717, 1.165) is 36.9 Å². The SMILES string of the molecule is CC(C)c1noc([C@H]2CCCCN2Cc2cccc(-n3cccn3)c2)n1. The molecule has 0 saturated carbocycles. The maximum absolute atomic E-state index is 5.60. The lowest BCUT2D eigenvalue weighted by atomic mass is 10.0. The Hall–Kier alpha value is -2.47. The van der Waals surface area contributed by atoms with Crippen molar-refractivity contribution < 1.29 is 4.52 Å². The minimum atomic E-state index is 0.206. The van der Waals surface area contributed by atoms with Crippen LogP contribution in [0.25, 0.3) is 5.69 Å². The Morgan fingerprint density at radius 1 is 1.23 bits per heavy atom. The van der Waals surface area contributed by atoms with E-state index in [1.54, 1.807) is 6.20 Å². The third-order valence-corrected chi connectivity index (χ3v) is 4.94. The van der Waals surface area contributed by atoms with Crippen LogP contribution in [0.1, 0.15) is 62.3 Å². The summed E-state index contributed by atoms with van der Waals surface area (Å²) in [4.78, 5) is 7.11. The second-order valence-corrected chi connectivity index (χ2v) is 7.25. The van der Waals surface area contributed by atoms with Gasteiger partial charge >= 0.3 is 0 Å². The molecule has 1 aliphatic rings. The van der Waals surface area contributed by atoms with Crippen LogP contribution in [0.2, 0.25) is 0 Å². The van der Waals surface area contributed by atoms with Crippen LogP contribution in [0.15, 0.2) is 47.2 Å². The predicted octanol–water partition coefficient (Wildman–Crippen LogP) is 4.11. The molecule has 3 aromatic rings. The number of piperidine rings is 1. The van der Waals surface area contributed by atoms with Gasteiger partial charge in [-0.2, -0.15) is 10.1 Å². The summed E-state index contributed by atoms with van der Waals surface area (Å²) in [5, 5.41) is 8.48. The van der Waals surface area contributed by atoms with E-state index in [9.17, 15) is 0 Å². The minimum absolute atomic E-state index is 0.206. The molecule has 6 heteroatoms. The van der Waals surface area contributed by atoms with Gasteiger partial charge in [-0.25, -0.2) is 4.68 Å². The van der Waals surface area contributed by atoms with Crippen molar-refractivity contribution in [2.24, 2.45) is 0 Å². The van der Waals surface area contributed by atoms with E-state index >= 15 is 0 Å². The largest absolute Gasteiger partial charge is 0.338 e. The molecule has 136 valence electrons. The topological polar surface area (TPSA) is 60.0 Å². The normalized spacial score (nSPS) is 18.5. The Morgan fingerprint density at radius 2 is 2.15 bits per heavy atom. The van der Waals surface area contributed by atoms with Gasteiger partial charge in [0.05, 0.1) is 11.7 Å². The Kier molecular flexibility index (Phi) is 4.84. The Labute approximate surface area is 153 Å². The van der Waals surface area contributed by atoms with Crippen molar-refractivity contribution in [3.63, 3.8) is 0 Å². The van der Waals surface area contributed by atoms with Crippen LogP contribution in [-0.2, 0) is 6.54 Å². The van der Waals surface area contributed by atoms with E-state index in [1.165, 1.54) is 18.4 Å². The van der Waals surface area contributed by atoms with Gasteiger partial charge in [0, 0.05) is 24.9 Å². The molecule has 2 aromatic heterocycles. The van der Waals surface area contributed by atoms with Gasteiger partial charge in [-0.15, -0.1) is 0 Å². The molecule has 26 heavy (non-hydrogen) atoms. The summed E-state index contributed by atoms with van der Waals surface area (Å²) < 4.78 is 7.49. The molecule has 0 aliphatic carbocycles. The van der Waals surface area contributed by atoms with Crippen LogP contribution in [0.3, 0.4) is 0 Å². The highest BCUT2D eigenvalue weighted by atomic mass is 16.5. The summed E-state index contributed by atoms with van der Waals surface area (Å²) in [7, 11) is 0. The lowest BCUT2D eigenvalue weighted by Crippen LogP contribution is -2.33. The van der Waals surface area contributed by atoms with Crippen LogP contribution in [0, 0.1) is 0 Å². The highest BCUT2D eigenvalue weighted by Crippen LogP contribution is 2.32. The fourth-order valence-corrected chi connectivity index (χ4v) is 3.53. The highest BCUT2D eigenvalue weighted by molar-refractivity contribution is 5.35. The second-order valence-electron chi connectivity index (χ2n) is 7.25. The first-order valence-electron chi connectivity index (χ1n) is 9.37. The van der Waals surface area contributed by atoms with Crippen molar-refractivity contribution in [3.8, 4) is 5.69 Å². The van der Waals surface area contributed by atoms with E-state index in [-0.39, 0.29) is 12.0 Å². The molecular formula is C20H25N5O. The zero-order chi connectivity index (χ0) is 17.9. The van der Waals surface area contributed by atoms with Crippen molar-refractivity contribution in [2.75, 3.05) is 6.54 Å². The third-order valence-electron chi connectivity index (χ3n) is 4.94. The fourth-order valence-electron chi connectivity index (χ4n) is 3.53. The summed E-state index contributed by atoms with van der Waals surface area (Å²) in [6.45, 7) is 6.11. The predicted molar refractivity (Wildman–Crippen MR) is 99.0 cm³/mol. The molecular weight excluding hydrogens is 326 g/mol. The first-order chi connectivity index (χ1) is 12.7. The van der Waals surface area contributed by atoms with Crippen LogP contribution < -0.4 is 0 Å². The van der Waals surface area contributed by atoms with Gasteiger partial charge in [-0.05, 0) is 43.1 Å². The number of hydrogen-bond donors (Lipinski definition) is 0. The number of hydrogen-bond acceptors (Lipinski definition) is 5. The molecule has 3 heterocycles. The molecule has 0 bridgehead atoms. The Bertz CT molecular complexity index is 840. The molecule has 0 N–H and O–H groups in total. The smallest absolute Gasteiger partial charge is 0.244 e. The van der Waals surface area contributed by atoms with E-state index in [2.05, 4.69) is 58.3 Å². The monoisotopic (exact) mass is 351 g/mol.